The number of phenols is 1. The van der Waals surface area contributed by atoms with Gasteiger partial charge in [0.15, 0.2) is 9.84 Å². The summed E-state index contributed by atoms with van der Waals surface area (Å²) in [5, 5.41) is 13.2. The highest BCUT2D eigenvalue weighted by molar-refractivity contribution is 9.10. The molecule has 1 N–H and O–H groups in total. The number of phenolic OH excluding ortho intramolecular Hbond substituents is 1. The van der Waals surface area contributed by atoms with Gasteiger partial charge in [-0.1, -0.05) is 0 Å². The second-order valence-electron chi connectivity index (χ2n) is 8.47. The van der Waals surface area contributed by atoms with Gasteiger partial charge in [0.2, 0.25) is 0 Å². The van der Waals surface area contributed by atoms with Crippen molar-refractivity contribution in [2.45, 2.75) is 43.9 Å². The molecule has 0 spiro atoms. The molecule has 0 aliphatic heterocycles. The number of benzene rings is 1. The number of halogens is 1. The quantitative estimate of drug-likeness (QED) is 0.292. The number of aromatic nitrogens is 4. The predicted octanol–water partition coefficient (Wildman–Crippen LogP) is 4.44. The lowest BCUT2D eigenvalue weighted by atomic mass is 10.0. The number of carbonyl (C=O) groups excluding carboxylic acids is 1. The van der Waals surface area contributed by atoms with Crippen LogP contribution in [0.3, 0.4) is 0 Å². The lowest BCUT2D eigenvalue weighted by Crippen LogP contribution is -2.16. The fraction of sp³-hybridized carbons (Fsp3) is 0.348. The fourth-order valence-electron chi connectivity index (χ4n) is 4.38. The number of carbonyl (C=O) groups is 1. The third kappa shape index (κ3) is 4.74. The van der Waals surface area contributed by atoms with E-state index in [2.05, 4.69) is 25.9 Å². The van der Waals surface area contributed by atoms with Gasteiger partial charge in [0.25, 0.3) is 0 Å². The van der Waals surface area contributed by atoms with Crippen LogP contribution in [-0.2, 0) is 32.6 Å². The van der Waals surface area contributed by atoms with Crippen LogP contribution < -0.4 is 0 Å². The van der Waals surface area contributed by atoms with E-state index in [4.69, 9.17) is 4.74 Å². The summed E-state index contributed by atoms with van der Waals surface area (Å²) >= 11 is 4.78. The highest BCUT2D eigenvalue weighted by atomic mass is 79.9. The van der Waals surface area contributed by atoms with Crippen molar-refractivity contribution in [1.29, 1.82) is 0 Å². The number of ether oxygens (including phenoxy) is 1. The molecular formula is C23H23BrN4O5S2. The Morgan fingerprint density at radius 2 is 2.14 bits per heavy atom. The Morgan fingerprint density at radius 3 is 2.77 bits per heavy atom. The van der Waals surface area contributed by atoms with E-state index in [0.717, 1.165) is 12.8 Å². The summed E-state index contributed by atoms with van der Waals surface area (Å²) in [6, 6.07) is 1.82. The number of hydrogen-bond donors (Lipinski definition) is 1. The van der Waals surface area contributed by atoms with E-state index in [1.165, 1.54) is 11.3 Å². The van der Waals surface area contributed by atoms with Gasteiger partial charge in [-0.3, -0.25) is 0 Å². The monoisotopic (exact) mass is 578 g/mol. The zero-order valence-electron chi connectivity index (χ0n) is 18.8. The molecule has 35 heavy (non-hydrogen) atoms. The Hall–Kier alpha value is -2.70. The van der Waals surface area contributed by atoms with E-state index in [1.807, 2.05) is 4.57 Å². The van der Waals surface area contributed by atoms with Crippen LogP contribution in [-0.4, -0.2) is 45.2 Å². The number of nitrogens with zero attached hydrogens (tertiary/aromatic N) is 4. The minimum absolute atomic E-state index is 0.0124. The van der Waals surface area contributed by atoms with E-state index in [-0.39, 0.29) is 42.0 Å². The molecule has 5 rings (SSSR count). The van der Waals surface area contributed by atoms with Crippen LogP contribution in [0.5, 0.6) is 5.75 Å². The SMILES string of the molecule is CCOC(=O)c1c(CS(=O)(=O)Cc2cscn2)n(C2CC2)c2cc(Br)c(O)c(Cn3ccnc3)c12. The van der Waals surface area contributed by atoms with Crippen molar-refractivity contribution in [3.63, 3.8) is 0 Å². The molecule has 0 amide bonds. The first-order valence-electron chi connectivity index (χ1n) is 11.1. The van der Waals surface area contributed by atoms with Gasteiger partial charge in [-0.05, 0) is 41.8 Å². The maximum atomic E-state index is 13.3. The number of aromatic hydroxyl groups is 1. The van der Waals surface area contributed by atoms with Gasteiger partial charge in [-0.2, -0.15) is 0 Å². The molecule has 0 saturated heterocycles. The van der Waals surface area contributed by atoms with Crippen molar-refractivity contribution in [3.05, 3.63) is 62.7 Å². The maximum absolute atomic E-state index is 13.3. The molecule has 0 radical (unpaired) electrons. The number of fused-ring (bicyclic) bond motifs is 1. The van der Waals surface area contributed by atoms with Crippen molar-refractivity contribution < 1.29 is 23.1 Å². The molecule has 1 aliphatic carbocycles. The van der Waals surface area contributed by atoms with Crippen molar-refractivity contribution in [2.75, 3.05) is 6.61 Å². The molecule has 4 aromatic rings. The first-order valence-corrected chi connectivity index (χ1v) is 14.6. The first kappa shape index (κ1) is 24.0. The molecule has 0 unspecified atom stereocenters. The molecule has 3 aromatic heterocycles. The number of hydrogen-bond acceptors (Lipinski definition) is 8. The molecule has 1 aliphatic rings. The lowest BCUT2D eigenvalue weighted by molar-refractivity contribution is 0.0527. The van der Waals surface area contributed by atoms with Crippen LogP contribution >= 0.6 is 27.3 Å². The van der Waals surface area contributed by atoms with Crippen molar-refractivity contribution in [3.8, 4) is 5.75 Å². The van der Waals surface area contributed by atoms with Crippen LogP contribution in [0.2, 0.25) is 0 Å². The van der Waals surface area contributed by atoms with Crippen molar-refractivity contribution in [1.82, 2.24) is 19.1 Å². The van der Waals surface area contributed by atoms with Crippen LogP contribution in [0.25, 0.3) is 10.9 Å². The van der Waals surface area contributed by atoms with Gasteiger partial charge < -0.3 is 19.0 Å². The largest absolute Gasteiger partial charge is 0.506 e. The van der Waals surface area contributed by atoms with Gasteiger partial charge in [-0.15, -0.1) is 11.3 Å². The Bertz CT molecular complexity index is 1490. The third-order valence-electron chi connectivity index (χ3n) is 5.92. The maximum Gasteiger partial charge on any atom is 0.340 e. The van der Waals surface area contributed by atoms with Crippen LogP contribution in [0, 0.1) is 0 Å². The van der Waals surface area contributed by atoms with Crippen molar-refractivity contribution >= 4 is 54.0 Å². The standard InChI is InChI=1S/C23H23BrN4O5S2/c1-2-33-23(30)21-19(11-35(31,32)10-14-9-34-13-26-14)28(15-3-4-15)18-7-17(24)22(29)16(20(18)21)8-27-6-5-25-12-27/h5-7,9,12-13,15,29H,2-4,8,10-11H2,1H3. The topological polar surface area (TPSA) is 116 Å². The summed E-state index contributed by atoms with van der Waals surface area (Å²) in [6.45, 7) is 2.09. The molecular weight excluding hydrogens is 556 g/mol. The number of rotatable bonds is 9. The molecule has 0 atom stereocenters. The molecule has 0 bridgehead atoms. The molecule has 1 saturated carbocycles. The highest BCUT2D eigenvalue weighted by Gasteiger charge is 2.36. The predicted molar refractivity (Wildman–Crippen MR) is 135 cm³/mol. The van der Waals surface area contributed by atoms with Gasteiger partial charge in [0.05, 0.1) is 57.7 Å². The van der Waals surface area contributed by atoms with E-state index >= 15 is 0 Å². The normalized spacial score (nSPS) is 14.0. The Labute approximate surface area is 214 Å². The van der Waals surface area contributed by atoms with Gasteiger partial charge in [-0.25, -0.2) is 23.2 Å². The van der Waals surface area contributed by atoms with Gasteiger partial charge >= 0.3 is 5.97 Å². The van der Waals surface area contributed by atoms with Crippen LogP contribution in [0.4, 0.5) is 0 Å². The number of imidazole rings is 1. The van der Waals surface area contributed by atoms with E-state index in [0.29, 0.717) is 32.3 Å². The second-order valence-corrected chi connectivity index (χ2v) is 12.1. The molecule has 3 heterocycles. The van der Waals surface area contributed by atoms with E-state index in [9.17, 15) is 18.3 Å². The zero-order chi connectivity index (χ0) is 24.7. The Kier molecular flexibility index (Phi) is 6.45. The smallest absolute Gasteiger partial charge is 0.340 e. The fourth-order valence-corrected chi connectivity index (χ4v) is 6.91. The third-order valence-corrected chi connectivity index (χ3v) is 8.61. The first-order chi connectivity index (χ1) is 16.8. The Morgan fingerprint density at radius 1 is 1.34 bits per heavy atom. The number of sulfone groups is 1. The summed E-state index contributed by atoms with van der Waals surface area (Å²) in [4.78, 5) is 21.5. The number of esters is 1. The Balaban J connectivity index is 1.76. The van der Waals surface area contributed by atoms with Gasteiger partial charge in [0.1, 0.15) is 5.75 Å². The summed E-state index contributed by atoms with van der Waals surface area (Å²) in [5.41, 5.74) is 3.83. The highest BCUT2D eigenvalue weighted by Crippen LogP contribution is 2.46. The van der Waals surface area contributed by atoms with E-state index < -0.39 is 15.8 Å². The molecule has 1 fully saturated rings. The molecule has 1 aromatic carbocycles. The molecule has 12 heteroatoms. The summed E-state index contributed by atoms with van der Waals surface area (Å²) < 4.78 is 36.1. The van der Waals surface area contributed by atoms with E-state index in [1.54, 1.807) is 47.2 Å². The van der Waals surface area contributed by atoms with Crippen molar-refractivity contribution in [2.24, 2.45) is 0 Å². The average Bonchev–Trinajstić information content (AvgIpc) is 3.17. The lowest BCUT2D eigenvalue weighted by Gasteiger charge is -2.12. The minimum atomic E-state index is -3.66. The summed E-state index contributed by atoms with van der Waals surface area (Å²) in [6.07, 6.45) is 6.76. The molecule has 9 nitrogen and oxygen atoms in total. The second kappa shape index (κ2) is 9.40. The average molecular weight is 579 g/mol. The van der Waals surface area contributed by atoms with Crippen LogP contribution in [0.15, 0.2) is 40.2 Å². The minimum Gasteiger partial charge on any atom is -0.506 e. The zero-order valence-corrected chi connectivity index (χ0v) is 22.1. The summed E-state index contributed by atoms with van der Waals surface area (Å²) in [7, 11) is -3.66. The van der Waals surface area contributed by atoms with Gasteiger partial charge in [0, 0.05) is 40.5 Å². The van der Waals surface area contributed by atoms with Crippen LogP contribution in [0.1, 0.15) is 53.1 Å². The number of thiazole rings is 1. The molecule has 184 valence electrons. The summed E-state index contributed by atoms with van der Waals surface area (Å²) in [5.74, 6) is -1.18.